The van der Waals surface area contributed by atoms with E-state index in [4.69, 9.17) is 0 Å². The molecule has 0 spiro atoms. The number of hydrogen-bond donors (Lipinski definition) is 2. The van der Waals surface area contributed by atoms with Gasteiger partial charge in [-0.3, -0.25) is 4.90 Å². The van der Waals surface area contributed by atoms with E-state index in [0.29, 0.717) is 23.9 Å². The van der Waals surface area contributed by atoms with Gasteiger partial charge in [0.25, 0.3) is 0 Å². The second kappa shape index (κ2) is 11.4. The Bertz CT molecular complexity index is 716. The predicted octanol–water partition coefficient (Wildman–Crippen LogP) is 5.90. The normalized spacial score (nSPS) is 26.9. The molecule has 1 aromatic carbocycles. The molecule has 2 aliphatic rings. The highest BCUT2D eigenvalue weighted by Crippen LogP contribution is 2.48. The van der Waals surface area contributed by atoms with E-state index >= 15 is 0 Å². The fourth-order valence-corrected chi connectivity index (χ4v) is 5.72. The molecule has 0 bridgehead atoms. The van der Waals surface area contributed by atoms with Crippen LogP contribution in [-0.4, -0.2) is 39.8 Å². The van der Waals surface area contributed by atoms with Crippen molar-refractivity contribution in [3.05, 3.63) is 59.7 Å². The van der Waals surface area contributed by atoms with Crippen LogP contribution in [0.5, 0.6) is 0 Å². The summed E-state index contributed by atoms with van der Waals surface area (Å²) in [6.07, 6.45) is 12.5. The lowest BCUT2D eigenvalue weighted by atomic mass is 9.88. The quantitative estimate of drug-likeness (QED) is 0.343. The molecule has 2 aliphatic carbocycles. The average molecular weight is 426 g/mol. The van der Waals surface area contributed by atoms with Gasteiger partial charge in [0.2, 0.25) is 0 Å². The molecule has 3 nitrogen and oxygen atoms in total. The van der Waals surface area contributed by atoms with E-state index in [0.717, 1.165) is 18.4 Å². The second-order valence-corrected chi connectivity index (χ2v) is 10.2. The van der Waals surface area contributed by atoms with Crippen LogP contribution in [0.1, 0.15) is 77.9 Å². The fraction of sp³-hybridized carbons (Fsp3) is 0.643. The van der Waals surface area contributed by atoms with E-state index in [1.54, 1.807) is 5.57 Å². The zero-order valence-electron chi connectivity index (χ0n) is 20.0. The Morgan fingerprint density at radius 2 is 1.74 bits per heavy atom. The topological polar surface area (TPSA) is 43.7 Å². The summed E-state index contributed by atoms with van der Waals surface area (Å²) in [7, 11) is 0. The van der Waals surface area contributed by atoms with Crippen LogP contribution in [0.25, 0.3) is 0 Å². The smallest absolute Gasteiger partial charge is 0.0971 e. The van der Waals surface area contributed by atoms with Crippen molar-refractivity contribution in [1.29, 1.82) is 0 Å². The van der Waals surface area contributed by atoms with Crippen LogP contribution in [0.2, 0.25) is 0 Å². The van der Waals surface area contributed by atoms with E-state index < -0.39 is 6.10 Å². The molecule has 3 rings (SSSR count). The van der Waals surface area contributed by atoms with Gasteiger partial charge in [-0.05, 0) is 83.7 Å². The molecule has 1 saturated carbocycles. The number of hydrogen-bond acceptors (Lipinski definition) is 3. The molecule has 0 aliphatic heterocycles. The van der Waals surface area contributed by atoms with Gasteiger partial charge in [0, 0.05) is 18.0 Å². The van der Waals surface area contributed by atoms with Gasteiger partial charge in [0.15, 0.2) is 0 Å². The summed E-state index contributed by atoms with van der Waals surface area (Å²) in [4.78, 5) is 2.58. The third-order valence-electron chi connectivity index (χ3n) is 7.35. The Labute approximate surface area is 189 Å². The van der Waals surface area contributed by atoms with Gasteiger partial charge in [-0.25, -0.2) is 0 Å². The molecular weight excluding hydrogens is 382 g/mol. The molecule has 2 N–H and O–H groups in total. The first-order valence-electron chi connectivity index (χ1n) is 12.4. The highest BCUT2D eigenvalue weighted by Gasteiger charge is 2.43. The minimum Gasteiger partial charge on any atom is -0.392 e. The van der Waals surface area contributed by atoms with E-state index in [2.05, 4.69) is 44.7 Å². The number of nitrogens with zero attached hydrogens (tertiary/aromatic N) is 1. The zero-order chi connectivity index (χ0) is 22.4. The van der Waals surface area contributed by atoms with E-state index in [9.17, 15) is 10.2 Å². The van der Waals surface area contributed by atoms with Crippen molar-refractivity contribution in [3.63, 3.8) is 0 Å². The highest BCUT2D eigenvalue weighted by molar-refractivity contribution is 5.24. The van der Waals surface area contributed by atoms with Crippen molar-refractivity contribution in [2.75, 3.05) is 6.54 Å². The first kappa shape index (κ1) is 24.2. The first-order valence-corrected chi connectivity index (χ1v) is 12.4. The maximum atomic E-state index is 10.6. The molecule has 3 heteroatoms. The standard InChI is InChI=1S/C28H43NO2/c1-20(2)29(21(3)4)16-10-6-7-11-22-17-24-19-28(31)25(26(24)18-22)14-15-27(30)23-12-8-5-9-13-23/h5,8-9,12-15,17,20-21,24-28,30-31H,6-7,10-11,16,18-19H2,1-4H3/b15-14+/t24-,25+,26-,27+,28+/m0/s1. The minimum atomic E-state index is -0.600. The van der Waals surface area contributed by atoms with Crippen molar-refractivity contribution in [2.24, 2.45) is 17.8 Å². The third kappa shape index (κ3) is 6.54. The highest BCUT2D eigenvalue weighted by atomic mass is 16.3. The fourth-order valence-electron chi connectivity index (χ4n) is 5.72. The molecular formula is C28H43NO2. The Morgan fingerprint density at radius 1 is 1.03 bits per heavy atom. The van der Waals surface area contributed by atoms with Crippen LogP contribution < -0.4 is 0 Å². The van der Waals surface area contributed by atoms with Crippen molar-refractivity contribution < 1.29 is 10.2 Å². The molecule has 0 aromatic heterocycles. The number of aliphatic hydroxyl groups excluding tert-OH is 2. The number of allylic oxidation sites excluding steroid dienone is 2. The van der Waals surface area contributed by atoms with E-state index in [-0.39, 0.29) is 12.0 Å². The summed E-state index contributed by atoms with van der Waals surface area (Å²) in [6, 6.07) is 11.0. The summed E-state index contributed by atoms with van der Waals surface area (Å²) in [6.45, 7) is 10.4. The first-order chi connectivity index (χ1) is 14.9. The van der Waals surface area contributed by atoms with Crippen LogP contribution in [0.3, 0.4) is 0 Å². The second-order valence-electron chi connectivity index (χ2n) is 10.2. The van der Waals surface area contributed by atoms with Gasteiger partial charge in [-0.1, -0.05) is 60.6 Å². The lowest BCUT2D eigenvalue weighted by Crippen LogP contribution is -2.37. The van der Waals surface area contributed by atoms with Gasteiger partial charge >= 0.3 is 0 Å². The Kier molecular flexibility index (Phi) is 8.95. The molecule has 1 aromatic rings. The van der Waals surface area contributed by atoms with Gasteiger partial charge in [0.05, 0.1) is 12.2 Å². The monoisotopic (exact) mass is 425 g/mol. The number of fused-ring (bicyclic) bond motifs is 1. The molecule has 172 valence electrons. The van der Waals surface area contributed by atoms with E-state index in [1.165, 1.54) is 32.2 Å². The third-order valence-corrected chi connectivity index (χ3v) is 7.35. The number of benzene rings is 1. The van der Waals surface area contributed by atoms with Crippen molar-refractivity contribution in [2.45, 2.75) is 90.5 Å². The van der Waals surface area contributed by atoms with Crippen molar-refractivity contribution >= 4 is 0 Å². The predicted molar refractivity (Wildman–Crippen MR) is 130 cm³/mol. The summed E-state index contributed by atoms with van der Waals surface area (Å²) < 4.78 is 0. The van der Waals surface area contributed by atoms with Crippen molar-refractivity contribution in [1.82, 2.24) is 4.90 Å². The lowest BCUT2D eigenvalue weighted by Gasteiger charge is -2.30. The summed E-state index contributed by atoms with van der Waals surface area (Å²) in [5, 5.41) is 21.0. The average Bonchev–Trinajstić information content (AvgIpc) is 3.25. The van der Waals surface area contributed by atoms with Gasteiger partial charge in [0.1, 0.15) is 0 Å². The maximum Gasteiger partial charge on any atom is 0.0971 e. The Morgan fingerprint density at radius 3 is 2.42 bits per heavy atom. The molecule has 5 atom stereocenters. The number of rotatable bonds is 11. The largest absolute Gasteiger partial charge is 0.392 e. The van der Waals surface area contributed by atoms with Crippen LogP contribution in [0.4, 0.5) is 0 Å². The molecule has 0 unspecified atom stereocenters. The molecule has 0 heterocycles. The lowest BCUT2D eigenvalue weighted by molar-refractivity contribution is 0.140. The molecule has 1 fully saturated rings. The van der Waals surface area contributed by atoms with Crippen LogP contribution in [0, 0.1) is 17.8 Å². The minimum absolute atomic E-state index is 0.155. The number of unbranched alkanes of at least 4 members (excludes halogenated alkanes) is 2. The van der Waals surface area contributed by atoms with Gasteiger partial charge < -0.3 is 10.2 Å². The van der Waals surface area contributed by atoms with E-state index in [1.807, 2.05) is 36.4 Å². The SMILES string of the molecule is CC(C)N(CCCCCC1=C[C@H]2C[C@@H](O)[C@H](/C=C/[C@@H](O)c3ccccc3)[C@H]2C1)C(C)C. The van der Waals surface area contributed by atoms with Crippen LogP contribution >= 0.6 is 0 Å². The van der Waals surface area contributed by atoms with Crippen molar-refractivity contribution in [3.8, 4) is 0 Å². The molecule has 31 heavy (non-hydrogen) atoms. The molecule has 0 saturated heterocycles. The van der Waals surface area contributed by atoms with Crippen LogP contribution in [0.15, 0.2) is 54.1 Å². The van der Waals surface area contributed by atoms with Gasteiger partial charge in [-0.2, -0.15) is 0 Å². The summed E-state index contributed by atoms with van der Waals surface area (Å²) in [5.41, 5.74) is 2.50. The summed E-state index contributed by atoms with van der Waals surface area (Å²) in [5.74, 6) is 1.16. The number of aliphatic hydroxyl groups is 2. The molecule has 0 amide bonds. The summed E-state index contributed by atoms with van der Waals surface area (Å²) >= 11 is 0. The zero-order valence-corrected chi connectivity index (χ0v) is 20.0. The molecule has 0 radical (unpaired) electrons. The van der Waals surface area contributed by atoms with Gasteiger partial charge in [-0.15, -0.1) is 0 Å². The Balaban J connectivity index is 1.44. The Hall–Kier alpha value is -1.42. The van der Waals surface area contributed by atoms with Crippen LogP contribution in [-0.2, 0) is 0 Å². The maximum absolute atomic E-state index is 10.6.